The van der Waals surface area contributed by atoms with Gasteiger partial charge in [0.25, 0.3) is 0 Å². The molecule has 0 atom stereocenters. The van der Waals surface area contributed by atoms with E-state index in [1.165, 1.54) is 21.9 Å². The second-order valence-electron chi connectivity index (χ2n) is 11.7. The minimum absolute atomic E-state index is 1.12. The first-order valence-electron chi connectivity index (χ1n) is 15.8. The molecule has 0 radical (unpaired) electrons. The fourth-order valence-electron chi connectivity index (χ4n) is 5.90. The Labute approximate surface area is 272 Å². The Balaban J connectivity index is 1.15. The molecule has 0 fully saturated rings. The van der Waals surface area contributed by atoms with Gasteiger partial charge in [-0.3, -0.25) is 0 Å². The quantitative estimate of drug-likeness (QED) is 0.162. The maximum atomic E-state index is 2.34. The van der Waals surface area contributed by atoms with Gasteiger partial charge < -0.3 is 9.80 Å². The van der Waals surface area contributed by atoms with E-state index in [9.17, 15) is 0 Å². The number of hydrogen-bond acceptors (Lipinski definition) is 2. The van der Waals surface area contributed by atoms with Gasteiger partial charge in [-0.1, -0.05) is 126 Å². The molecule has 46 heavy (non-hydrogen) atoms. The third-order valence-electron chi connectivity index (χ3n) is 8.38. The molecule has 2 nitrogen and oxygen atoms in total. The predicted molar refractivity (Wildman–Crippen MR) is 198 cm³/mol. The van der Waals surface area contributed by atoms with Crippen molar-refractivity contribution in [3.05, 3.63) is 192 Å². The highest BCUT2D eigenvalue weighted by Gasteiger charge is 2.15. The van der Waals surface area contributed by atoms with Gasteiger partial charge in [0.05, 0.1) is 5.69 Å². The lowest BCUT2D eigenvalue weighted by atomic mass is 10.1. The second-order valence-corrected chi connectivity index (χ2v) is 11.7. The second kappa shape index (κ2) is 13.0. The summed E-state index contributed by atoms with van der Waals surface area (Å²) >= 11 is 0. The summed E-state index contributed by atoms with van der Waals surface area (Å²) in [6.07, 6.45) is 4.36. The van der Waals surface area contributed by atoms with Crippen LogP contribution in [0.15, 0.2) is 170 Å². The summed E-state index contributed by atoms with van der Waals surface area (Å²) in [5.41, 5.74) is 11.6. The van der Waals surface area contributed by atoms with Gasteiger partial charge in [-0.2, -0.15) is 0 Å². The van der Waals surface area contributed by atoms with Crippen LogP contribution in [0, 0.1) is 13.8 Å². The number of para-hydroxylation sites is 1. The summed E-state index contributed by atoms with van der Waals surface area (Å²) in [5.74, 6) is 0. The van der Waals surface area contributed by atoms with Crippen LogP contribution in [-0.4, -0.2) is 0 Å². The molecule has 7 aromatic carbocycles. The molecule has 0 N–H and O–H groups in total. The normalized spacial score (nSPS) is 11.2. The molecule has 0 bridgehead atoms. The first-order chi connectivity index (χ1) is 22.6. The van der Waals surface area contributed by atoms with Gasteiger partial charge in [0.2, 0.25) is 0 Å². The molecule has 0 unspecified atom stereocenters. The molecule has 0 saturated heterocycles. The molecule has 222 valence electrons. The monoisotopic (exact) mass is 592 g/mol. The third kappa shape index (κ3) is 6.20. The van der Waals surface area contributed by atoms with Crippen molar-refractivity contribution in [2.75, 3.05) is 9.80 Å². The highest BCUT2D eigenvalue weighted by molar-refractivity contribution is 5.98. The summed E-state index contributed by atoms with van der Waals surface area (Å²) in [6.45, 7) is 4.25. The van der Waals surface area contributed by atoms with Gasteiger partial charge >= 0.3 is 0 Å². The number of aryl methyl sites for hydroxylation is 2. The van der Waals surface area contributed by atoms with E-state index in [0.717, 1.165) is 45.3 Å². The highest BCUT2D eigenvalue weighted by Crippen LogP contribution is 2.39. The summed E-state index contributed by atoms with van der Waals surface area (Å²) in [7, 11) is 0. The van der Waals surface area contributed by atoms with Crippen molar-refractivity contribution >= 4 is 57.0 Å². The van der Waals surface area contributed by atoms with E-state index in [2.05, 4.69) is 206 Å². The first-order valence-corrected chi connectivity index (χ1v) is 15.8. The van der Waals surface area contributed by atoms with E-state index >= 15 is 0 Å². The van der Waals surface area contributed by atoms with Crippen LogP contribution in [0.5, 0.6) is 0 Å². The Morgan fingerprint density at radius 2 is 0.761 bits per heavy atom. The SMILES string of the molecule is Cc1ccc(N(c2ccc(C)cc2)c2ccc(C=Cc3ccc(N(c4ccccc4)c4cccc5ccccc45)cc3)cc2)cc1. The van der Waals surface area contributed by atoms with Crippen molar-refractivity contribution in [2.45, 2.75) is 13.8 Å². The van der Waals surface area contributed by atoms with Gasteiger partial charge in [-0.05, 0) is 97.1 Å². The summed E-state index contributed by atoms with van der Waals surface area (Å²) < 4.78 is 0. The van der Waals surface area contributed by atoms with Crippen LogP contribution in [0.25, 0.3) is 22.9 Å². The third-order valence-corrected chi connectivity index (χ3v) is 8.38. The number of benzene rings is 7. The van der Waals surface area contributed by atoms with Gasteiger partial charge in [0.1, 0.15) is 0 Å². The Bertz CT molecular complexity index is 2020. The smallest absolute Gasteiger partial charge is 0.0540 e. The lowest BCUT2D eigenvalue weighted by molar-refractivity contribution is 1.27. The van der Waals surface area contributed by atoms with Gasteiger partial charge in [0.15, 0.2) is 0 Å². The minimum Gasteiger partial charge on any atom is -0.311 e. The zero-order valence-electron chi connectivity index (χ0n) is 26.2. The predicted octanol–water partition coefficient (Wildman–Crippen LogP) is 12.6. The molecule has 0 amide bonds. The fraction of sp³-hybridized carbons (Fsp3) is 0.0455. The molecule has 0 saturated carbocycles. The largest absolute Gasteiger partial charge is 0.311 e. The molecule has 0 aliphatic rings. The van der Waals surface area contributed by atoms with Crippen LogP contribution >= 0.6 is 0 Å². The van der Waals surface area contributed by atoms with E-state index in [1.54, 1.807) is 0 Å². The molecule has 7 rings (SSSR count). The minimum atomic E-state index is 1.12. The number of hydrogen-bond donors (Lipinski definition) is 0. The maximum absolute atomic E-state index is 2.34. The van der Waals surface area contributed by atoms with Crippen LogP contribution in [-0.2, 0) is 0 Å². The van der Waals surface area contributed by atoms with Crippen molar-refractivity contribution in [3.8, 4) is 0 Å². The van der Waals surface area contributed by atoms with Crippen molar-refractivity contribution in [3.63, 3.8) is 0 Å². The molecule has 7 aromatic rings. The molecule has 0 heterocycles. The summed E-state index contributed by atoms with van der Waals surface area (Å²) in [6, 6.07) is 60.6. The molecule has 0 aliphatic heterocycles. The van der Waals surface area contributed by atoms with Crippen LogP contribution in [0.4, 0.5) is 34.1 Å². The Hall–Kier alpha value is -5.86. The number of fused-ring (bicyclic) bond motifs is 1. The molecular formula is C44H36N2. The molecule has 0 spiro atoms. The molecule has 0 aliphatic carbocycles. The van der Waals surface area contributed by atoms with Gasteiger partial charge in [-0.25, -0.2) is 0 Å². The van der Waals surface area contributed by atoms with Crippen molar-refractivity contribution < 1.29 is 0 Å². The average molecular weight is 593 g/mol. The van der Waals surface area contributed by atoms with Crippen molar-refractivity contribution in [2.24, 2.45) is 0 Å². The highest BCUT2D eigenvalue weighted by atomic mass is 15.1. The van der Waals surface area contributed by atoms with Crippen molar-refractivity contribution in [1.29, 1.82) is 0 Å². The maximum Gasteiger partial charge on any atom is 0.0540 e. The fourth-order valence-corrected chi connectivity index (χ4v) is 5.90. The molecular weight excluding hydrogens is 556 g/mol. The lowest BCUT2D eigenvalue weighted by Gasteiger charge is -2.27. The summed E-state index contributed by atoms with van der Waals surface area (Å²) in [5, 5.41) is 2.46. The molecule has 0 aromatic heterocycles. The first kappa shape index (κ1) is 28.9. The van der Waals surface area contributed by atoms with E-state index in [0.29, 0.717) is 0 Å². The van der Waals surface area contributed by atoms with E-state index in [1.807, 2.05) is 0 Å². The average Bonchev–Trinajstić information content (AvgIpc) is 3.11. The zero-order valence-corrected chi connectivity index (χ0v) is 26.2. The zero-order chi connectivity index (χ0) is 31.3. The lowest BCUT2D eigenvalue weighted by Crippen LogP contribution is -2.10. The standard InChI is InChI=1S/C44H36N2/c1-33-15-25-39(26-16-33)45(40-27-17-34(2)18-28-40)41-29-21-35(22-30-41)19-20-36-23-31-42(32-24-36)46(38-11-4-3-5-12-38)44-14-8-10-37-9-6-7-13-43(37)44/h3-32H,1-2H3. The molecule has 2 heteroatoms. The van der Waals surface area contributed by atoms with Crippen LogP contribution in [0.2, 0.25) is 0 Å². The Morgan fingerprint density at radius 3 is 1.30 bits per heavy atom. The van der Waals surface area contributed by atoms with E-state index < -0.39 is 0 Å². The van der Waals surface area contributed by atoms with Gasteiger partial charge in [0, 0.05) is 33.8 Å². The number of rotatable bonds is 8. The Morgan fingerprint density at radius 1 is 0.348 bits per heavy atom. The van der Waals surface area contributed by atoms with Gasteiger partial charge in [-0.15, -0.1) is 0 Å². The van der Waals surface area contributed by atoms with Crippen LogP contribution in [0.3, 0.4) is 0 Å². The van der Waals surface area contributed by atoms with Crippen LogP contribution < -0.4 is 9.80 Å². The van der Waals surface area contributed by atoms with Crippen LogP contribution in [0.1, 0.15) is 22.3 Å². The van der Waals surface area contributed by atoms with E-state index in [4.69, 9.17) is 0 Å². The number of nitrogens with zero attached hydrogens (tertiary/aromatic N) is 2. The summed E-state index contributed by atoms with van der Waals surface area (Å²) in [4.78, 5) is 4.64. The Kier molecular flexibility index (Phi) is 8.17. The number of anilines is 6. The topological polar surface area (TPSA) is 6.48 Å². The van der Waals surface area contributed by atoms with E-state index in [-0.39, 0.29) is 0 Å². The van der Waals surface area contributed by atoms with Crippen molar-refractivity contribution in [1.82, 2.24) is 0 Å².